The van der Waals surface area contributed by atoms with Gasteiger partial charge in [-0.05, 0) is 24.6 Å². The lowest BCUT2D eigenvalue weighted by atomic mass is 10.1. The minimum absolute atomic E-state index is 0.0739. The van der Waals surface area contributed by atoms with Crippen LogP contribution in [0.1, 0.15) is 46.8 Å². The fourth-order valence-corrected chi connectivity index (χ4v) is 4.88. The van der Waals surface area contributed by atoms with E-state index in [2.05, 4.69) is 78.3 Å². The van der Waals surface area contributed by atoms with Gasteiger partial charge in [0.2, 0.25) is 0 Å². The second-order valence-electron chi connectivity index (χ2n) is 8.39. The Labute approximate surface area is 169 Å². The van der Waals surface area contributed by atoms with E-state index in [0.29, 0.717) is 15.2 Å². The highest BCUT2D eigenvalue weighted by molar-refractivity contribution is 14.1. The maximum Gasteiger partial charge on any atom is 0.194 e. The Bertz CT molecular complexity index is 804. The smallest absolute Gasteiger partial charge is 0.194 e. The van der Waals surface area contributed by atoms with Crippen molar-refractivity contribution in [1.29, 1.82) is 0 Å². The van der Waals surface area contributed by atoms with Gasteiger partial charge in [0.05, 0.1) is 18.5 Å². The van der Waals surface area contributed by atoms with Crippen molar-refractivity contribution in [2.45, 2.75) is 77.1 Å². The van der Waals surface area contributed by atoms with E-state index in [4.69, 9.17) is 14.9 Å². The summed E-state index contributed by atoms with van der Waals surface area (Å²) in [5.41, 5.74) is 7.33. The molecule has 3 atom stereocenters. The Morgan fingerprint density at radius 3 is 2.69 bits per heavy atom. The van der Waals surface area contributed by atoms with E-state index in [1.165, 1.54) is 0 Å². The van der Waals surface area contributed by atoms with Gasteiger partial charge in [0.25, 0.3) is 0 Å². The Morgan fingerprint density at radius 2 is 2.08 bits per heavy atom. The maximum absolute atomic E-state index is 6.68. The van der Waals surface area contributed by atoms with Crippen LogP contribution in [0.2, 0.25) is 18.1 Å². The third kappa shape index (κ3) is 3.63. The van der Waals surface area contributed by atoms with E-state index >= 15 is 0 Å². The summed E-state index contributed by atoms with van der Waals surface area (Å²) in [6.45, 7) is 13.5. The molecule has 2 aromatic heterocycles. The van der Waals surface area contributed by atoms with Crippen molar-refractivity contribution in [3.8, 4) is 0 Å². The van der Waals surface area contributed by atoms with Gasteiger partial charge in [-0.15, -0.1) is 0 Å². The zero-order chi connectivity index (χ0) is 19.3. The molecule has 26 heavy (non-hydrogen) atoms. The molecule has 0 aromatic carbocycles. The highest BCUT2D eigenvalue weighted by Crippen LogP contribution is 2.42. The molecule has 3 rings (SSSR count). The number of nitrogen functional groups attached to an aromatic ring is 1. The Morgan fingerprint density at radius 1 is 1.38 bits per heavy atom. The molecule has 0 bridgehead atoms. The molecule has 2 N–H and O–H groups in total. The van der Waals surface area contributed by atoms with Gasteiger partial charge in [-0.3, -0.25) is 4.57 Å². The lowest BCUT2D eigenvalue weighted by Gasteiger charge is -2.39. The van der Waals surface area contributed by atoms with Crippen LogP contribution < -0.4 is 5.73 Å². The molecule has 7 nitrogen and oxygen atoms in total. The third-order valence-corrected chi connectivity index (χ3v) is 10.6. The molecule has 2 aromatic rings. The molecule has 3 heterocycles. The van der Waals surface area contributed by atoms with E-state index in [0.717, 1.165) is 18.5 Å². The molecule has 0 aliphatic carbocycles. The molecule has 0 radical (unpaired) electrons. The van der Waals surface area contributed by atoms with Crippen molar-refractivity contribution in [3.63, 3.8) is 0 Å². The number of halogens is 1. The lowest BCUT2D eigenvalue weighted by molar-refractivity contribution is -0.0162. The number of ether oxygens (including phenoxy) is 1. The van der Waals surface area contributed by atoms with E-state index in [1.807, 2.05) is 4.57 Å². The maximum atomic E-state index is 6.68. The molecule has 9 heteroatoms. The van der Waals surface area contributed by atoms with Crippen LogP contribution in [0.5, 0.6) is 0 Å². The van der Waals surface area contributed by atoms with Crippen LogP contribution in [-0.2, 0) is 9.16 Å². The summed E-state index contributed by atoms with van der Waals surface area (Å²) in [5, 5.41) is 0.170. The minimum Gasteiger partial charge on any atom is -0.411 e. The zero-order valence-corrected chi connectivity index (χ0v) is 19.4. The second-order valence-corrected chi connectivity index (χ2v) is 14.1. The van der Waals surface area contributed by atoms with Crippen LogP contribution in [0.15, 0.2) is 6.33 Å². The fourth-order valence-electron chi connectivity index (χ4n) is 3.03. The average Bonchev–Trinajstić information content (AvgIpc) is 3.09. The van der Waals surface area contributed by atoms with Gasteiger partial charge >= 0.3 is 0 Å². The SMILES string of the molecule is CC[C@H]1O[C@@H](n2cnc3c(N)nc(I)nc32)CC1O[Si](C)(C)C(C)(C)C. The van der Waals surface area contributed by atoms with Crippen LogP contribution in [-0.4, -0.2) is 40.0 Å². The Kier molecular flexibility index (Phi) is 5.37. The minimum atomic E-state index is -1.87. The first kappa shape index (κ1) is 20.0. The van der Waals surface area contributed by atoms with Crippen molar-refractivity contribution < 1.29 is 9.16 Å². The first-order valence-corrected chi connectivity index (χ1v) is 13.0. The third-order valence-electron chi connectivity index (χ3n) is 5.57. The summed E-state index contributed by atoms with van der Waals surface area (Å²) in [7, 11) is -1.87. The molecule has 1 fully saturated rings. The highest BCUT2D eigenvalue weighted by atomic mass is 127. The molecular formula is C17H28IN5O2Si. The number of hydrogen-bond acceptors (Lipinski definition) is 6. The molecular weight excluding hydrogens is 461 g/mol. The predicted octanol–water partition coefficient (Wildman–Crippen LogP) is 4.10. The van der Waals surface area contributed by atoms with E-state index in [-0.39, 0.29) is 23.5 Å². The molecule has 0 spiro atoms. The van der Waals surface area contributed by atoms with Crippen molar-refractivity contribution in [2.75, 3.05) is 5.73 Å². The van der Waals surface area contributed by atoms with Crippen LogP contribution in [0.25, 0.3) is 11.2 Å². The number of nitrogens with two attached hydrogens (primary N) is 1. The van der Waals surface area contributed by atoms with Crippen molar-refractivity contribution in [3.05, 3.63) is 10.2 Å². The number of hydrogen-bond donors (Lipinski definition) is 1. The van der Waals surface area contributed by atoms with Crippen LogP contribution in [0.4, 0.5) is 5.82 Å². The van der Waals surface area contributed by atoms with E-state index in [9.17, 15) is 0 Å². The molecule has 144 valence electrons. The highest BCUT2D eigenvalue weighted by Gasteiger charge is 2.44. The normalized spacial score (nSPS) is 24.5. The first-order valence-electron chi connectivity index (χ1n) is 9.02. The summed E-state index contributed by atoms with van der Waals surface area (Å²) < 4.78 is 15.6. The Hall–Kier alpha value is -0.783. The van der Waals surface area contributed by atoms with Crippen molar-refractivity contribution in [1.82, 2.24) is 19.5 Å². The Balaban J connectivity index is 1.88. The van der Waals surface area contributed by atoms with Crippen LogP contribution in [0, 0.1) is 3.83 Å². The number of rotatable bonds is 4. The van der Waals surface area contributed by atoms with Gasteiger partial charge in [-0.1, -0.05) is 27.7 Å². The van der Waals surface area contributed by atoms with Gasteiger partial charge in [0.1, 0.15) is 11.7 Å². The fraction of sp³-hybridized carbons (Fsp3) is 0.706. The predicted molar refractivity (Wildman–Crippen MR) is 113 cm³/mol. The summed E-state index contributed by atoms with van der Waals surface area (Å²) in [6.07, 6.45) is 3.46. The lowest BCUT2D eigenvalue weighted by Crippen LogP contribution is -2.45. The van der Waals surface area contributed by atoms with Gasteiger partial charge in [-0.25, -0.2) is 15.0 Å². The largest absolute Gasteiger partial charge is 0.411 e. The van der Waals surface area contributed by atoms with Crippen LogP contribution in [0.3, 0.4) is 0 Å². The quantitative estimate of drug-likeness (QED) is 0.395. The number of nitrogens with zero attached hydrogens (tertiary/aromatic N) is 4. The second kappa shape index (κ2) is 6.99. The van der Waals surface area contributed by atoms with E-state index in [1.54, 1.807) is 6.33 Å². The van der Waals surface area contributed by atoms with Crippen molar-refractivity contribution >= 4 is 47.9 Å². The standard InChI is InChI=1S/C17H28IN5O2Si/c1-7-10-11(25-26(5,6)17(2,3)4)8-12(24-10)23-9-20-13-14(19)21-16(18)22-15(13)23/h9-12H,7-8H2,1-6H3,(H2,19,21,22)/t10-,11?,12-/m1/s1. The average molecular weight is 489 g/mol. The summed E-state index contributed by atoms with van der Waals surface area (Å²) in [4.78, 5) is 13.1. The summed E-state index contributed by atoms with van der Waals surface area (Å²) >= 11 is 2.07. The van der Waals surface area contributed by atoms with Gasteiger partial charge in [0, 0.05) is 29.0 Å². The van der Waals surface area contributed by atoms with Gasteiger partial charge < -0.3 is 14.9 Å². The monoisotopic (exact) mass is 489 g/mol. The molecule has 0 amide bonds. The summed E-state index contributed by atoms with van der Waals surface area (Å²) in [5.74, 6) is 0.400. The van der Waals surface area contributed by atoms with E-state index < -0.39 is 8.32 Å². The topological polar surface area (TPSA) is 88.1 Å². The number of aromatic nitrogens is 4. The molecule has 1 unspecified atom stereocenters. The summed E-state index contributed by atoms with van der Waals surface area (Å²) in [6, 6.07) is 0. The van der Waals surface area contributed by atoms with Crippen molar-refractivity contribution in [2.24, 2.45) is 0 Å². The number of fused-ring (bicyclic) bond motifs is 1. The number of anilines is 1. The van der Waals surface area contributed by atoms with Gasteiger partial charge in [-0.2, -0.15) is 0 Å². The first-order chi connectivity index (χ1) is 12.0. The van der Waals surface area contributed by atoms with Gasteiger partial charge in [0.15, 0.2) is 23.6 Å². The molecule has 0 saturated carbocycles. The molecule has 1 aliphatic heterocycles. The molecule has 1 aliphatic rings. The zero-order valence-electron chi connectivity index (χ0n) is 16.3. The number of imidazole rings is 1. The van der Waals surface area contributed by atoms with Crippen LogP contribution >= 0.6 is 22.6 Å². The molecule has 1 saturated heterocycles.